The van der Waals surface area contributed by atoms with Crippen molar-refractivity contribution in [2.24, 2.45) is 5.92 Å². The summed E-state index contributed by atoms with van der Waals surface area (Å²) in [5, 5.41) is 0.625. The molecule has 3 aromatic rings. The van der Waals surface area contributed by atoms with E-state index in [-0.39, 0.29) is 5.91 Å². The lowest BCUT2D eigenvalue weighted by Gasteiger charge is -2.24. The molecule has 0 aliphatic rings. The summed E-state index contributed by atoms with van der Waals surface area (Å²) in [5.74, 6) is 1.47. The molecule has 160 valence electrons. The topological polar surface area (TPSA) is 38.1 Å². The maximum absolute atomic E-state index is 13.4. The van der Waals surface area contributed by atoms with Crippen LogP contribution in [0.2, 0.25) is 5.02 Å². The Labute approximate surface area is 184 Å². The van der Waals surface area contributed by atoms with Crippen LogP contribution in [0.4, 0.5) is 0 Å². The van der Waals surface area contributed by atoms with Crippen molar-refractivity contribution in [2.45, 2.75) is 60.0 Å². The van der Waals surface area contributed by atoms with E-state index in [0.717, 1.165) is 48.2 Å². The van der Waals surface area contributed by atoms with Gasteiger partial charge in [-0.15, -0.1) is 0 Å². The number of imidazole rings is 1. The monoisotopic (exact) mass is 425 g/mol. The predicted octanol–water partition coefficient (Wildman–Crippen LogP) is 6.49. The van der Waals surface area contributed by atoms with Crippen LogP contribution < -0.4 is 0 Å². The molecule has 0 saturated heterocycles. The standard InChI is InChI=1S/C25H32ClN3O/c1-5-6-14-29-23-10-8-7-9-22(23)27-24(29)17-28(15-13-18(2)3)25(30)20-12-11-19(4)21(26)16-20/h7-12,16,18H,5-6,13-15,17H2,1-4H3. The summed E-state index contributed by atoms with van der Waals surface area (Å²) in [5.41, 5.74) is 3.72. The minimum absolute atomic E-state index is 0.00616. The third kappa shape index (κ3) is 5.23. The molecule has 0 radical (unpaired) electrons. The molecule has 1 aromatic heterocycles. The molecule has 5 heteroatoms. The molecule has 0 saturated carbocycles. The van der Waals surface area contributed by atoms with E-state index in [1.807, 2.05) is 42.2 Å². The maximum Gasteiger partial charge on any atom is 0.254 e. The van der Waals surface area contributed by atoms with E-state index in [2.05, 4.69) is 31.4 Å². The van der Waals surface area contributed by atoms with Gasteiger partial charge in [0, 0.05) is 23.7 Å². The first kappa shape index (κ1) is 22.4. The fourth-order valence-corrected chi connectivity index (χ4v) is 3.74. The Morgan fingerprint density at radius 1 is 1.20 bits per heavy atom. The third-order valence-electron chi connectivity index (χ3n) is 5.48. The zero-order valence-corrected chi connectivity index (χ0v) is 19.2. The van der Waals surface area contributed by atoms with Gasteiger partial charge in [0.2, 0.25) is 0 Å². The molecule has 0 fully saturated rings. The van der Waals surface area contributed by atoms with Crippen LogP contribution in [-0.2, 0) is 13.1 Å². The lowest BCUT2D eigenvalue weighted by molar-refractivity contribution is 0.0729. The van der Waals surface area contributed by atoms with E-state index >= 15 is 0 Å². The highest BCUT2D eigenvalue weighted by Crippen LogP contribution is 2.22. The molecule has 2 aromatic carbocycles. The number of nitrogens with zero attached hydrogens (tertiary/aromatic N) is 3. The molecule has 1 heterocycles. The van der Waals surface area contributed by atoms with Crippen LogP contribution in [0, 0.1) is 12.8 Å². The van der Waals surface area contributed by atoms with Crippen molar-refractivity contribution >= 4 is 28.5 Å². The molecule has 30 heavy (non-hydrogen) atoms. The SMILES string of the molecule is CCCCn1c(CN(CCC(C)C)C(=O)c2ccc(C)c(Cl)c2)nc2ccccc21. The number of carbonyl (C=O) groups is 1. The predicted molar refractivity (Wildman–Crippen MR) is 125 cm³/mol. The first-order valence-corrected chi connectivity index (χ1v) is 11.3. The largest absolute Gasteiger partial charge is 0.331 e. The van der Waals surface area contributed by atoms with Crippen LogP contribution in [0.1, 0.15) is 61.8 Å². The Kier molecular flexibility index (Phi) is 7.54. The van der Waals surface area contributed by atoms with Crippen molar-refractivity contribution in [1.29, 1.82) is 0 Å². The number of aromatic nitrogens is 2. The number of fused-ring (bicyclic) bond motifs is 1. The third-order valence-corrected chi connectivity index (χ3v) is 5.89. The zero-order chi connectivity index (χ0) is 21.7. The molecule has 0 N–H and O–H groups in total. The highest BCUT2D eigenvalue weighted by atomic mass is 35.5. The van der Waals surface area contributed by atoms with Crippen LogP contribution in [0.3, 0.4) is 0 Å². The van der Waals surface area contributed by atoms with Crippen molar-refractivity contribution in [3.05, 3.63) is 64.4 Å². The van der Waals surface area contributed by atoms with Crippen LogP contribution in [-0.4, -0.2) is 26.9 Å². The minimum Gasteiger partial charge on any atom is -0.331 e. The number of rotatable bonds is 9. The molecule has 0 bridgehead atoms. The van der Waals surface area contributed by atoms with Crippen molar-refractivity contribution in [1.82, 2.24) is 14.5 Å². The van der Waals surface area contributed by atoms with Crippen LogP contribution in [0.25, 0.3) is 11.0 Å². The van der Waals surface area contributed by atoms with Crippen molar-refractivity contribution < 1.29 is 4.79 Å². The summed E-state index contributed by atoms with van der Waals surface area (Å²) < 4.78 is 2.27. The summed E-state index contributed by atoms with van der Waals surface area (Å²) in [6.07, 6.45) is 3.14. The molecular weight excluding hydrogens is 394 g/mol. The van der Waals surface area contributed by atoms with Gasteiger partial charge >= 0.3 is 0 Å². The molecule has 0 atom stereocenters. The Bertz CT molecular complexity index is 1010. The number of halogens is 1. The summed E-state index contributed by atoms with van der Waals surface area (Å²) in [6, 6.07) is 13.8. The van der Waals surface area contributed by atoms with Crippen molar-refractivity contribution in [2.75, 3.05) is 6.54 Å². The van der Waals surface area contributed by atoms with Gasteiger partial charge in [-0.2, -0.15) is 0 Å². The summed E-state index contributed by atoms with van der Waals surface area (Å²) in [6.45, 7) is 10.6. The first-order valence-electron chi connectivity index (χ1n) is 10.9. The summed E-state index contributed by atoms with van der Waals surface area (Å²) in [4.78, 5) is 20.2. The Morgan fingerprint density at radius 3 is 2.67 bits per heavy atom. The molecule has 0 aliphatic heterocycles. The normalized spacial score (nSPS) is 11.4. The number of unbranched alkanes of at least 4 members (excludes halogenated alkanes) is 1. The highest BCUT2D eigenvalue weighted by molar-refractivity contribution is 6.31. The van der Waals surface area contributed by atoms with Gasteiger partial charge in [-0.3, -0.25) is 4.79 Å². The second-order valence-electron chi connectivity index (χ2n) is 8.40. The number of hydrogen-bond donors (Lipinski definition) is 0. The second-order valence-corrected chi connectivity index (χ2v) is 8.80. The van der Waals surface area contributed by atoms with E-state index in [4.69, 9.17) is 16.6 Å². The lowest BCUT2D eigenvalue weighted by Crippen LogP contribution is -2.33. The molecule has 0 aliphatic carbocycles. The number of amides is 1. The van der Waals surface area contributed by atoms with Crippen LogP contribution >= 0.6 is 11.6 Å². The summed E-state index contributed by atoms with van der Waals surface area (Å²) >= 11 is 6.30. The van der Waals surface area contributed by atoms with Gasteiger partial charge in [0.1, 0.15) is 5.82 Å². The lowest BCUT2D eigenvalue weighted by atomic mass is 10.1. The zero-order valence-electron chi connectivity index (χ0n) is 18.5. The number of aryl methyl sites for hydroxylation is 2. The van der Waals surface area contributed by atoms with Gasteiger partial charge in [0.15, 0.2) is 0 Å². The van der Waals surface area contributed by atoms with E-state index in [1.54, 1.807) is 6.07 Å². The van der Waals surface area contributed by atoms with Gasteiger partial charge in [-0.1, -0.05) is 57.0 Å². The fraction of sp³-hybridized carbons (Fsp3) is 0.440. The smallest absolute Gasteiger partial charge is 0.254 e. The minimum atomic E-state index is 0.00616. The Balaban J connectivity index is 1.94. The maximum atomic E-state index is 13.4. The van der Waals surface area contributed by atoms with Gasteiger partial charge in [-0.25, -0.2) is 4.98 Å². The Hall–Kier alpha value is -2.33. The number of para-hydroxylation sites is 2. The van der Waals surface area contributed by atoms with Gasteiger partial charge in [0.05, 0.1) is 17.6 Å². The van der Waals surface area contributed by atoms with Crippen LogP contribution in [0.15, 0.2) is 42.5 Å². The molecule has 3 rings (SSSR count). The average Bonchev–Trinajstić information content (AvgIpc) is 3.07. The fourth-order valence-electron chi connectivity index (χ4n) is 3.56. The number of benzene rings is 2. The van der Waals surface area contributed by atoms with E-state index in [0.29, 0.717) is 29.6 Å². The van der Waals surface area contributed by atoms with Gasteiger partial charge < -0.3 is 9.47 Å². The molecule has 0 unspecified atom stereocenters. The molecule has 0 spiro atoms. The Morgan fingerprint density at radius 2 is 1.97 bits per heavy atom. The molecule has 4 nitrogen and oxygen atoms in total. The highest BCUT2D eigenvalue weighted by Gasteiger charge is 2.21. The average molecular weight is 426 g/mol. The summed E-state index contributed by atoms with van der Waals surface area (Å²) in [7, 11) is 0. The molecule has 1 amide bonds. The van der Waals surface area contributed by atoms with Crippen molar-refractivity contribution in [3.8, 4) is 0 Å². The number of carbonyl (C=O) groups excluding carboxylic acids is 1. The first-order chi connectivity index (χ1) is 14.4. The van der Waals surface area contributed by atoms with E-state index < -0.39 is 0 Å². The van der Waals surface area contributed by atoms with Crippen molar-refractivity contribution in [3.63, 3.8) is 0 Å². The van der Waals surface area contributed by atoms with Gasteiger partial charge in [-0.05, 0) is 55.5 Å². The van der Waals surface area contributed by atoms with E-state index in [1.165, 1.54) is 0 Å². The second kappa shape index (κ2) is 10.1. The molecular formula is C25H32ClN3O. The quantitative estimate of drug-likeness (QED) is 0.393. The van der Waals surface area contributed by atoms with Gasteiger partial charge in [0.25, 0.3) is 5.91 Å². The van der Waals surface area contributed by atoms with E-state index in [9.17, 15) is 4.79 Å². The van der Waals surface area contributed by atoms with Crippen LogP contribution in [0.5, 0.6) is 0 Å². The number of hydrogen-bond acceptors (Lipinski definition) is 2.